The molecule has 2 rings (SSSR count). The molecule has 0 unspecified atom stereocenters. The highest BCUT2D eigenvalue weighted by molar-refractivity contribution is 7.71. The summed E-state index contributed by atoms with van der Waals surface area (Å²) in [4.78, 5) is 16.9. The van der Waals surface area contributed by atoms with Crippen LogP contribution in [0.15, 0.2) is 23.0 Å². The Labute approximate surface area is 138 Å². The molecular weight excluding hydrogens is 314 g/mol. The third-order valence-corrected chi connectivity index (χ3v) is 3.24. The van der Waals surface area contributed by atoms with Gasteiger partial charge < -0.3 is 14.5 Å². The molecule has 0 fully saturated rings. The summed E-state index contributed by atoms with van der Waals surface area (Å²) in [7, 11) is 1.56. The molecule has 2 N–H and O–H groups in total. The Balaban J connectivity index is 2.52. The van der Waals surface area contributed by atoms with Crippen LogP contribution in [0.2, 0.25) is 0 Å². The maximum Gasteiger partial charge on any atom is 0.270 e. The van der Waals surface area contributed by atoms with Crippen LogP contribution >= 0.6 is 12.2 Å². The van der Waals surface area contributed by atoms with Gasteiger partial charge >= 0.3 is 0 Å². The predicted octanol–water partition coefficient (Wildman–Crippen LogP) is 2.88. The minimum Gasteiger partial charge on any atom is -0.493 e. The lowest BCUT2D eigenvalue weighted by Gasteiger charge is -2.11. The van der Waals surface area contributed by atoms with Crippen LogP contribution in [0.25, 0.3) is 12.2 Å². The highest BCUT2D eigenvalue weighted by Crippen LogP contribution is 2.32. The van der Waals surface area contributed by atoms with E-state index in [0.717, 1.165) is 5.56 Å². The van der Waals surface area contributed by atoms with E-state index in [1.54, 1.807) is 25.3 Å². The number of ether oxygens (including phenoxy) is 2. The van der Waals surface area contributed by atoms with E-state index in [-0.39, 0.29) is 10.3 Å². The van der Waals surface area contributed by atoms with E-state index in [4.69, 9.17) is 27.0 Å². The van der Waals surface area contributed by atoms with Crippen LogP contribution in [0, 0.1) is 16.1 Å². The number of hydrogen-bond donors (Lipinski definition) is 2. The first-order chi connectivity index (χ1) is 11.1. The second kappa shape index (κ2) is 7.42. The number of aromatic amines is 2. The summed E-state index contributed by atoms with van der Waals surface area (Å²) < 4.78 is 11.1. The van der Waals surface area contributed by atoms with Crippen molar-refractivity contribution in [1.29, 1.82) is 5.26 Å². The third kappa shape index (κ3) is 3.67. The van der Waals surface area contributed by atoms with Gasteiger partial charge in [-0.25, -0.2) is 0 Å². The van der Waals surface area contributed by atoms with Crippen LogP contribution in [0.3, 0.4) is 0 Å². The molecular formula is C16H15N3O3S. The van der Waals surface area contributed by atoms with E-state index in [1.165, 1.54) is 0 Å². The molecule has 0 bridgehead atoms. The van der Waals surface area contributed by atoms with Crippen molar-refractivity contribution in [3.63, 3.8) is 0 Å². The molecule has 0 atom stereocenters. The Bertz CT molecular complexity index is 891. The third-order valence-electron chi connectivity index (χ3n) is 3.03. The predicted molar refractivity (Wildman–Crippen MR) is 90.1 cm³/mol. The maximum absolute atomic E-state index is 11.7. The molecule has 1 aromatic heterocycles. The molecule has 118 valence electrons. The Morgan fingerprint density at radius 2 is 2.13 bits per heavy atom. The van der Waals surface area contributed by atoms with Crippen molar-refractivity contribution < 1.29 is 9.47 Å². The van der Waals surface area contributed by atoms with Gasteiger partial charge in [0.2, 0.25) is 0 Å². The van der Waals surface area contributed by atoms with Crippen LogP contribution in [0.1, 0.15) is 23.7 Å². The molecule has 0 aliphatic heterocycles. The lowest BCUT2D eigenvalue weighted by molar-refractivity contribution is 0.310. The molecule has 23 heavy (non-hydrogen) atoms. The van der Waals surface area contributed by atoms with Gasteiger partial charge in [-0.05, 0) is 37.4 Å². The molecule has 1 heterocycles. The lowest BCUT2D eigenvalue weighted by Crippen LogP contribution is -2.13. The topological polar surface area (TPSA) is 90.9 Å². The summed E-state index contributed by atoms with van der Waals surface area (Å²) in [6.07, 6.45) is 3.34. The zero-order valence-electron chi connectivity index (χ0n) is 12.7. The number of hydrogen-bond acceptors (Lipinski definition) is 5. The number of para-hydroxylation sites is 1. The fraction of sp³-hybridized carbons (Fsp3) is 0.188. The summed E-state index contributed by atoms with van der Waals surface area (Å²) >= 11 is 4.93. The van der Waals surface area contributed by atoms with Gasteiger partial charge in [0.25, 0.3) is 5.56 Å². The summed E-state index contributed by atoms with van der Waals surface area (Å²) in [5.41, 5.74) is 0.545. The van der Waals surface area contributed by atoms with Crippen molar-refractivity contribution >= 4 is 24.4 Å². The minimum atomic E-state index is -0.522. The van der Waals surface area contributed by atoms with E-state index in [1.807, 2.05) is 25.1 Å². The number of nitriles is 1. The maximum atomic E-state index is 11.7. The first-order valence-corrected chi connectivity index (χ1v) is 7.26. The highest BCUT2D eigenvalue weighted by Gasteiger charge is 2.09. The van der Waals surface area contributed by atoms with E-state index >= 15 is 0 Å². The molecule has 0 aliphatic carbocycles. The van der Waals surface area contributed by atoms with Gasteiger partial charge in [0.05, 0.1) is 19.4 Å². The summed E-state index contributed by atoms with van der Waals surface area (Å²) in [6, 6.07) is 7.33. The Morgan fingerprint density at radius 1 is 1.35 bits per heavy atom. The van der Waals surface area contributed by atoms with Crippen LogP contribution in [0.4, 0.5) is 0 Å². The number of nitrogens with one attached hydrogen (secondary N) is 2. The average Bonchev–Trinajstić information content (AvgIpc) is 2.53. The van der Waals surface area contributed by atoms with Gasteiger partial charge in [0.15, 0.2) is 16.3 Å². The van der Waals surface area contributed by atoms with E-state index in [2.05, 4.69) is 9.97 Å². The molecule has 0 amide bonds. The monoisotopic (exact) mass is 329 g/mol. The summed E-state index contributed by atoms with van der Waals surface area (Å²) in [5, 5.41) is 9.11. The van der Waals surface area contributed by atoms with Crippen LogP contribution in [-0.2, 0) is 0 Å². The summed E-state index contributed by atoms with van der Waals surface area (Å²) in [6.45, 7) is 2.36. The average molecular weight is 329 g/mol. The Morgan fingerprint density at radius 3 is 2.78 bits per heavy atom. The molecule has 0 spiro atoms. The lowest BCUT2D eigenvalue weighted by atomic mass is 10.1. The SMILES string of the molecule is CCOc1c(/C=C/c2[nH]c(=S)[nH]c(=O)c2C#N)cccc1OC. The van der Waals surface area contributed by atoms with Gasteiger partial charge in [0.1, 0.15) is 11.6 Å². The van der Waals surface area contributed by atoms with Crippen molar-refractivity contribution in [3.05, 3.63) is 50.1 Å². The second-order valence-electron chi connectivity index (χ2n) is 4.45. The Kier molecular flexibility index (Phi) is 5.33. The van der Waals surface area contributed by atoms with Gasteiger partial charge in [-0.3, -0.25) is 9.78 Å². The molecule has 2 aromatic rings. The zero-order valence-corrected chi connectivity index (χ0v) is 13.5. The largest absolute Gasteiger partial charge is 0.493 e. The Hall–Kier alpha value is -2.85. The van der Waals surface area contributed by atoms with Crippen molar-refractivity contribution in [2.24, 2.45) is 0 Å². The fourth-order valence-electron chi connectivity index (χ4n) is 2.04. The molecule has 0 saturated heterocycles. The van der Waals surface area contributed by atoms with Crippen LogP contribution in [-0.4, -0.2) is 23.7 Å². The zero-order chi connectivity index (χ0) is 16.8. The van der Waals surface area contributed by atoms with Gasteiger partial charge in [-0.2, -0.15) is 5.26 Å². The van der Waals surface area contributed by atoms with Crippen LogP contribution in [0.5, 0.6) is 11.5 Å². The van der Waals surface area contributed by atoms with Gasteiger partial charge in [-0.1, -0.05) is 12.1 Å². The number of aromatic nitrogens is 2. The standard InChI is InChI=1S/C16H15N3O3S/c1-3-22-14-10(5-4-6-13(14)21-2)7-8-12-11(9-17)15(20)19-16(23)18-12/h4-8H,3H2,1-2H3,(H2,18,19,20,23)/b8-7+. The number of H-pyrrole nitrogens is 2. The molecule has 0 aliphatic rings. The molecule has 1 aromatic carbocycles. The highest BCUT2D eigenvalue weighted by atomic mass is 32.1. The number of benzene rings is 1. The number of rotatable bonds is 5. The van der Waals surface area contributed by atoms with Crippen molar-refractivity contribution in [1.82, 2.24) is 9.97 Å². The molecule has 6 nitrogen and oxygen atoms in total. The van der Waals surface area contributed by atoms with Gasteiger partial charge in [0, 0.05) is 5.56 Å². The van der Waals surface area contributed by atoms with Crippen molar-refractivity contribution in [3.8, 4) is 17.6 Å². The molecule has 0 radical (unpaired) electrons. The first kappa shape index (κ1) is 16.5. The van der Waals surface area contributed by atoms with Gasteiger partial charge in [-0.15, -0.1) is 0 Å². The molecule has 0 saturated carbocycles. The van der Waals surface area contributed by atoms with Crippen molar-refractivity contribution in [2.45, 2.75) is 6.92 Å². The van der Waals surface area contributed by atoms with E-state index in [0.29, 0.717) is 23.8 Å². The quantitative estimate of drug-likeness (QED) is 0.823. The van der Waals surface area contributed by atoms with Crippen molar-refractivity contribution in [2.75, 3.05) is 13.7 Å². The number of nitrogens with zero attached hydrogens (tertiary/aromatic N) is 1. The second-order valence-corrected chi connectivity index (χ2v) is 4.86. The van der Waals surface area contributed by atoms with E-state index in [9.17, 15) is 4.79 Å². The normalized spacial score (nSPS) is 10.5. The molecule has 7 heteroatoms. The number of methoxy groups -OCH3 is 1. The van der Waals surface area contributed by atoms with Crippen LogP contribution < -0.4 is 15.0 Å². The summed E-state index contributed by atoms with van der Waals surface area (Å²) in [5.74, 6) is 1.20. The fourth-order valence-corrected chi connectivity index (χ4v) is 2.24. The minimum absolute atomic E-state index is 0.0318. The van der Waals surface area contributed by atoms with E-state index < -0.39 is 5.56 Å². The smallest absolute Gasteiger partial charge is 0.270 e. The first-order valence-electron chi connectivity index (χ1n) is 6.85.